The Balaban J connectivity index is 1.51. The summed E-state index contributed by atoms with van der Waals surface area (Å²) in [6, 6.07) is 0. The summed E-state index contributed by atoms with van der Waals surface area (Å²) < 4.78 is 0. The van der Waals surface area contributed by atoms with Gasteiger partial charge in [-0.2, -0.15) is 0 Å². The van der Waals surface area contributed by atoms with Gasteiger partial charge in [0.2, 0.25) is 0 Å². The molecule has 8 atom stereocenters. The van der Waals surface area contributed by atoms with Gasteiger partial charge in [0.1, 0.15) is 5.78 Å². The highest BCUT2D eigenvalue weighted by Gasteiger charge is 2.61. The second kappa shape index (κ2) is 7.08. The molecule has 4 aliphatic carbocycles. The molecule has 0 aliphatic heterocycles. The molecule has 4 aliphatic rings. The van der Waals surface area contributed by atoms with E-state index in [9.17, 15) is 9.90 Å². The molecule has 0 amide bonds. The molecule has 3 nitrogen and oxygen atoms in total. The van der Waals surface area contributed by atoms with E-state index >= 15 is 0 Å². The van der Waals surface area contributed by atoms with Gasteiger partial charge < -0.3 is 10.0 Å². The van der Waals surface area contributed by atoms with Gasteiger partial charge in [0.15, 0.2) is 0 Å². The monoisotopic (exact) mass is 389 g/mol. The second-order valence-corrected chi connectivity index (χ2v) is 12.1. The summed E-state index contributed by atoms with van der Waals surface area (Å²) in [6.07, 6.45) is 11.5. The number of hydrogen-bond acceptors (Lipinski definition) is 3. The van der Waals surface area contributed by atoms with Gasteiger partial charge in [-0.15, -0.1) is 0 Å². The summed E-state index contributed by atoms with van der Waals surface area (Å²) in [4.78, 5) is 15.2. The Bertz CT molecular complexity index is 614. The predicted molar refractivity (Wildman–Crippen MR) is 114 cm³/mol. The Morgan fingerprint density at radius 3 is 2.36 bits per heavy atom. The summed E-state index contributed by atoms with van der Waals surface area (Å²) in [5, 5.41) is 10.7. The Morgan fingerprint density at radius 2 is 1.64 bits per heavy atom. The lowest BCUT2D eigenvalue weighted by molar-refractivity contribution is -0.150. The number of carbonyl (C=O) groups is 1. The van der Waals surface area contributed by atoms with Gasteiger partial charge >= 0.3 is 0 Å². The van der Waals surface area contributed by atoms with Crippen LogP contribution in [-0.4, -0.2) is 42.0 Å². The number of ketones is 1. The van der Waals surface area contributed by atoms with Gasteiger partial charge in [0.05, 0.1) is 5.60 Å². The fraction of sp³-hybridized carbons (Fsp3) is 0.960. The molecule has 0 radical (unpaired) electrons. The van der Waals surface area contributed by atoms with Gasteiger partial charge in [0, 0.05) is 18.9 Å². The molecule has 2 unspecified atom stereocenters. The zero-order valence-electron chi connectivity index (χ0n) is 19.0. The highest BCUT2D eigenvalue weighted by molar-refractivity contribution is 5.82. The average molecular weight is 390 g/mol. The second-order valence-electron chi connectivity index (χ2n) is 12.1. The molecular formula is C25H43NO2. The molecular weight excluding hydrogens is 346 g/mol. The van der Waals surface area contributed by atoms with Gasteiger partial charge in [0.25, 0.3) is 0 Å². The highest BCUT2D eigenvalue weighted by Crippen LogP contribution is 2.68. The normalized spacial score (nSPS) is 50.8. The van der Waals surface area contributed by atoms with E-state index in [1.54, 1.807) is 0 Å². The minimum absolute atomic E-state index is 0.244. The summed E-state index contributed by atoms with van der Waals surface area (Å²) in [5.41, 5.74) is 0.213. The maximum Gasteiger partial charge on any atom is 0.137 e. The number of aliphatic hydroxyl groups is 1. The van der Waals surface area contributed by atoms with Crippen molar-refractivity contribution in [3.63, 3.8) is 0 Å². The quantitative estimate of drug-likeness (QED) is 0.742. The van der Waals surface area contributed by atoms with E-state index in [1.807, 2.05) is 0 Å². The molecule has 0 bridgehead atoms. The van der Waals surface area contributed by atoms with E-state index in [4.69, 9.17) is 0 Å². The Labute approximate surface area is 172 Å². The lowest BCUT2D eigenvalue weighted by Gasteiger charge is -2.61. The Morgan fingerprint density at radius 1 is 0.929 bits per heavy atom. The van der Waals surface area contributed by atoms with Crippen LogP contribution >= 0.6 is 0 Å². The summed E-state index contributed by atoms with van der Waals surface area (Å²) in [6.45, 7) is 7.97. The van der Waals surface area contributed by atoms with Gasteiger partial charge in [-0.1, -0.05) is 13.8 Å². The van der Waals surface area contributed by atoms with Crippen LogP contribution in [-0.2, 0) is 4.79 Å². The van der Waals surface area contributed by atoms with E-state index < -0.39 is 5.60 Å². The zero-order valence-corrected chi connectivity index (χ0v) is 19.0. The summed E-state index contributed by atoms with van der Waals surface area (Å²) in [5.74, 6) is 3.91. The molecule has 4 rings (SSSR count). The van der Waals surface area contributed by atoms with Crippen molar-refractivity contribution < 1.29 is 9.90 Å². The number of carbonyl (C=O) groups excluding carboxylic acids is 1. The molecule has 1 N–H and O–H groups in total. The number of fused-ring (bicyclic) bond motifs is 5. The lowest BCUT2D eigenvalue weighted by Crippen LogP contribution is -2.55. The first-order valence-electron chi connectivity index (χ1n) is 12.0. The largest absolute Gasteiger partial charge is 0.390 e. The van der Waals surface area contributed by atoms with Crippen molar-refractivity contribution in [1.29, 1.82) is 0 Å². The molecule has 3 heteroatoms. The maximum atomic E-state index is 13.1. The van der Waals surface area contributed by atoms with Crippen LogP contribution in [0, 0.1) is 40.4 Å². The zero-order chi connectivity index (χ0) is 20.3. The van der Waals surface area contributed by atoms with Crippen molar-refractivity contribution in [2.45, 2.75) is 90.6 Å². The van der Waals surface area contributed by atoms with Crippen molar-refractivity contribution in [3.05, 3.63) is 0 Å². The lowest BCUT2D eigenvalue weighted by atomic mass is 9.44. The fourth-order valence-electron chi connectivity index (χ4n) is 8.47. The number of nitrogens with zero attached hydrogens (tertiary/aromatic N) is 1. The number of rotatable bonds is 4. The van der Waals surface area contributed by atoms with E-state index in [1.165, 1.54) is 38.5 Å². The molecule has 28 heavy (non-hydrogen) atoms. The standard InChI is InChI=1S/C25H43NO2/c1-23(28)13-14-24(2)17(16-23)6-7-18-19-8-9-21(22(27)11-15-26(4)5)25(19,3)12-10-20(18)24/h17-21,28H,6-16H2,1-5H3/t17?,18-,19-,20-,21+,23?,24-,25-/m0/s1. The van der Waals surface area contributed by atoms with Crippen LogP contribution in [0.4, 0.5) is 0 Å². The molecule has 160 valence electrons. The third-order valence-corrected chi connectivity index (χ3v) is 10.1. The third-order valence-electron chi connectivity index (χ3n) is 10.1. The molecule has 0 aromatic heterocycles. The van der Waals surface area contributed by atoms with Crippen LogP contribution in [0.2, 0.25) is 0 Å². The van der Waals surface area contributed by atoms with Crippen molar-refractivity contribution >= 4 is 5.78 Å². The minimum atomic E-state index is -0.447. The van der Waals surface area contributed by atoms with Crippen LogP contribution in [0.15, 0.2) is 0 Å². The third kappa shape index (κ3) is 3.29. The van der Waals surface area contributed by atoms with E-state index in [2.05, 4.69) is 39.8 Å². The number of hydrogen-bond donors (Lipinski definition) is 1. The van der Waals surface area contributed by atoms with Crippen LogP contribution < -0.4 is 0 Å². The molecule has 0 heterocycles. The summed E-state index contributed by atoms with van der Waals surface area (Å²) >= 11 is 0. The minimum Gasteiger partial charge on any atom is -0.390 e. The molecule has 4 fully saturated rings. The maximum absolute atomic E-state index is 13.1. The summed E-state index contributed by atoms with van der Waals surface area (Å²) in [7, 11) is 4.14. The van der Waals surface area contributed by atoms with E-state index in [0.717, 1.165) is 50.0 Å². The van der Waals surface area contributed by atoms with Gasteiger partial charge in [-0.05, 0) is 113 Å². The van der Waals surface area contributed by atoms with Crippen molar-refractivity contribution in [1.82, 2.24) is 4.90 Å². The van der Waals surface area contributed by atoms with E-state index in [-0.39, 0.29) is 5.41 Å². The SMILES string of the molecule is CN(C)CCC(=O)[C@H]1CC[C@H]2[C@@H]3CCC4CC(C)(O)CC[C@]4(C)[C@H]3CC[C@]12C. The van der Waals surface area contributed by atoms with Crippen LogP contribution in [0.1, 0.15) is 85.0 Å². The first-order chi connectivity index (χ1) is 13.1. The first kappa shape index (κ1) is 20.8. The molecule has 4 saturated carbocycles. The van der Waals surface area contributed by atoms with Gasteiger partial charge in [-0.3, -0.25) is 4.79 Å². The predicted octanol–water partition coefficient (Wildman–Crippen LogP) is 4.92. The smallest absolute Gasteiger partial charge is 0.137 e. The Hall–Kier alpha value is -0.410. The van der Waals surface area contributed by atoms with Crippen molar-refractivity contribution in [3.8, 4) is 0 Å². The van der Waals surface area contributed by atoms with E-state index in [0.29, 0.717) is 23.0 Å². The molecule has 0 saturated heterocycles. The van der Waals surface area contributed by atoms with Crippen LogP contribution in [0.5, 0.6) is 0 Å². The van der Waals surface area contributed by atoms with Crippen LogP contribution in [0.25, 0.3) is 0 Å². The molecule has 0 aromatic carbocycles. The fourth-order valence-corrected chi connectivity index (χ4v) is 8.47. The highest BCUT2D eigenvalue weighted by atomic mass is 16.3. The average Bonchev–Trinajstić information content (AvgIpc) is 2.97. The molecule has 0 aromatic rings. The molecule has 0 spiro atoms. The Kier molecular flexibility index (Phi) is 5.27. The first-order valence-corrected chi connectivity index (χ1v) is 12.0. The van der Waals surface area contributed by atoms with Crippen molar-refractivity contribution in [2.24, 2.45) is 40.4 Å². The van der Waals surface area contributed by atoms with Gasteiger partial charge in [-0.25, -0.2) is 0 Å². The van der Waals surface area contributed by atoms with Crippen molar-refractivity contribution in [2.75, 3.05) is 20.6 Å². The van der Waals surface area contributed by atoms with Crippen LogP contribution in [0.3, 0.4) is 0 Å². The topological polar surface area (TPSA) is 40.5 Å². The number of Topliss-reactive ketones (excluding diaryl/α,β-unsaturated/α-hetero) is 1.